The van der Waals surface area contributed by atoms with Crippen LogP contribution in [0.1, 0.15) is 26.7 Å². The van der Waals surface area contributed by atoms with Gasteiger partial charge in [-0.15, -0.1) is 0 Å². The topological polar surface area (TPSA) is 94.0 Å². The highest BCUT2D eigenvalue weighted by atomic mass is 19.1. The fraction of sp³-hybridized carbons (Fsp3) is 0.438. The zero-order chi connectivity index (χ0) is 17.0. The summed E-state index contributed by atoms with van der Waals surface area (Å²) in [6, 6.07) is 6.24. The summed E-state index contributed by atoms with van der Waals surface area (Å²) < 4.78 is 13.5. The van der Waals surface area contributed by atoms with E-state index < -0.39 is 11.4 Å². The van der Waals surface area contributed by atoms with Crippen molar-refractivity contribution < 1.29 is 14.0 Å². The number of nitrogens with one attached hydrogen (secondary N) is 3. The summed E-state index contributed by atoms with van der Waals surface area (Å²) in [5.41, 5.74) is -0.304. The Hall–Kier alpha value is -2.62. The van der Waals surface area contributed by atoms with Gasteiger partial charge in [0, 0.05) is 12.6 Å². The lowest BCUT2D eigenvalue weighted by atomic mass is 9.98. The first-order valence-corrected chi connectivity index (χ1v) is 7.37. The molecule has 0 spiro atoms. The van der Waals surface area contributed by atoms with Crippen molar-refractivity contribution in [3.63, 3.8) is 0 Å². The van der Waals surface area contributed by atoms with Crippen molar-refractivity contribution in [2.24, 2.45) is 5.92 Å². The summed E-state index contributed by atoms with van der Waals surface area (Å²) in [6.07, 6.45) is 1.88. The van der Waals surface area contributed by atoms with Crippen LogP contribution in [0, 0.1) is 23.1 Å². The van der Waals surface area contributed by atoms with Crippen molar-refractivity contribution in [3.8, 4) is 6.07 Å². The first-order valence-electron chi connectivity index (χ1n) is 7.37. The molecular weight excluding hydrogens is 299 g/mol. The molecule has 1 aliphatic carbocycles. The van der Waals surface area contributed by atoms with E-state index in [4.69, 9.17) is 0 Å². The normalized spacial score (nSPS) is 15.9. The molecule has 2 amide bonds. The number of carbonyl (C=O) groups excluding carboxylic acids is 2. The van der Waals surface area contributed by atoms with Gasteiger partial charge in [-0.3, -0.25) is 9.59 Å². The third-order valence-corrected chi connectivity index (χ3v) is 3.76. The van der Waals surface area contributed by atoms with Gasteiger partial charge in [0.1, 0.15) is 11.4 Å². The zero-order valence-electron chi connectivity index (χ0n) is 13.1. The molecule has 122 valence electrons. The van der Waals surface area contributed by atoms with Crippen LogP contribution in [0.25, 0.3) is 0 Å². The van der Waals surface area contributed by atoms with Gasteiger partial charge in [-0.25, -0.2) is 4.39 Å². The zero-order valence-corrected chi connectivity index (χ0v) is 13.1. The van der Waals surface area contributed by atoms with Gasteiger partial charge in [0.05, 0.1) is 18.3 Å². The molecule has 1 aliphatic rings. The van der Waals surface area contributed by atoms with Crippen LogP contribution in [-0.2, 0) is 9.59 Å². The van der Waals surface area contributed by atoms with E-state index in [-0.39, 0.29) is 30.0 Å². The maximum absolute atomic E-state index is 13.5. The lowest BCUT2D eigenvalue weighted by Crippen LogP contribution is -2.48. The van der Waals surface area contributed by atoms with Crippen LogP contribution in [0.5, 0.6) is 0 Å². The summed E-state index contributed by atoms with van der Waals surface area (Å²) in [6.45, 7) is 2.96. The summed E-state index contributed by atoms with van der Waals surface area (Å²) in [5.74, 6) is -1.05. The summed E-state index contributed by atoms with van der Waals surface area (Å²) in [4.78, 5) is 23.0. The minimum Gasteiger partial charge on any atom is -0.376 e. The summed E-state index contributed by atoms with van der Waals surface area (Å²) in [5, 5.41) is 17.2. The number of rotatable bonds is 6. The number of halogens is 1. The van der Waals surface area contributed by atoms with Crippen LogP contribution in [0.15, 0.2) is 18.2 Å². The Labute approximate surface area is 134 Å². The molecule has 1 fully saturated rings. The Bertz CT molecular complexity index is 667. The van der Waals surface area contributed by atoms with E-state index in [0.717, 1.165) is 12.8 Å². The largest absolute Gasteiger partial charge is 0.376 e. The molecule has 2 rings (SSSR count). The van der Waals surface area contributed by atoms with Gasteiger partial charge in [-0.05, 0) is 43.9 Å². The van der Waals surface area contributed by atoms with Crippen LogP contribution in [0.2, 0.25) is 0 Å². The van der Waals surface area contributed by atoms with E-state index in [2.05, 4.69) is 22.0 Å². The van der Waals surface area contributed by atoms with Crippen LogP contribution < -0.4 is 16.0 Å². The Morgan fingerprint density at radius 1 is 1.43 bits per heavy atom. The molecule has 1 atom stereocenters. The number of carbonyl (C=O) groups is 2. The van der Waals surface area contributed by atoms with Crippen molar-refractivity contribution in [3.05, 3.63) is 24.0 Å². The number of anilines is 2. The predicted molar refractivity (Wildman–Crippen MR) is 84.1 cm³/mol. The van der Waals surface area contributed by atoms with E-state index in [9.17, 15) is 19.2 Å². The molecule has 1 aromatic carbocycles. The average molecular weight is 318 g/mol. The van der Waals surface area contributed by atoms with Crippen LogP contribution in [0.3, 0.4) is 0 Å². The molecule has 0 radical (unpaired) electrons. The highest BCUT2D eigenvalue weighted by molar-refractivity contribution is 5.89. The van der Waals surface area contributed by atoms with Crippen molar-refractivity contribution in [1.29, 1.82) is 5.26 Å². The molecule has 1 unspecified atom stereocenters. The Morgan fingerprint density at radius 2 is 2.13 bits per heavy atom. The number of hydrogen-bond donors (Lipinski definition) is 3. The Balaban J connectivity index is 1.94. The van der Waals surface area contributed by atoms with Gasteiger partial charge in [0.25, 0.3) is 0 Å². The number of benzene rings is 1. The van der Waals surface area contributed by atoms with Gasteiger partial charge < -0.3 is 16.0 Å². The first-order chi connectivity index (χ1) is 10.8. The number of nitrogens with zero attached hydrogens (tertiary/aromatic N) is 1. The minimum atomic E-state index is -0.844. The molecule has 1 saturated carbocycles. The van der Waals surface area contributed by atoms with Gasteiger partial charge in [0.15, 0.2) is 0 Å². The molecule has 23 heavy (non-hydrogen) atoms. The second-order valence-electron chi connectivity index (χ2n) is 5.87. The third kappa shape index (κ3) is 4.42. The van der Waals surface area contributed by atoms with Crippen molar-refractivity contribution >= 4 is 23.2 Å². The second kappa shape index (κ2) is 6.65. The minimum absolute atomic E-state index is 0.0442. The summed E-state index contributed by atoms with van der Waals surface area (Å²) >= 11 is 0. The molecule has 0 aromatic heterocycles. The van der Waals surface area contributed by atoms with E-state index in [1.807, 2.05) is 0 Å². The summed E-state index contributed by atoms with van der Waals surface area (Å²) in [7, 11) is 0. The average Bonchev–Trinajstić information content (AvgIpc) is 3.32. The third-order valence-electron chi connectivity index (χ3n) is 3.76. The number of hydrogen-bond acceptors (Lipinski definition) is 4. The second-order valence-corrected chi connectivity index (χ2v) is 5.87. The van der Waals surface area contributed by atoms with E-state index in [1.54, 1.807) is 6.92 Å². The highest BCUT2D eigenvalue weighted by Crippen LogP contribution is 2.39. The lowest BCUT2D eigenvalue weighted by molar-refractivity contribution is -0.120. The first kappa shape index (κ1) is 16.7. The van der Waals surface area contributed by atoms with Gasteiger partial charge in [-0.1, -0.05) is 0 Å². The van der Waals surface area contributed by atoms with E-state index in [0.29, 0.717) is 5.69 Å². The maximum Gasteiger partial charge on any atom is 0.240 e. The van der Waals surface area contributed by atoms with Crippen LogP contribution in [-0.4, -0.2) is 23.9 Å². The predicted octanol–water partition coefficient (Wildman–Crippen LogP) is 2.00. The fourth-order valence-electron chi connectivity index (χ4n) is 2.32. The lowest BCUT2D eigenvalue weighted by Gasteiger charge is -2.23. The number of nitriles is 1. The Morgan fingerprint density at radius 3 is 2.70 bits per heavy atom. The van der Waals surface area contributed by atoms with E-state index >= 15 is 0 Å². The van der Waals surface area contributed by atoms with Crippen molar-refractivity contribution in [2.45, 2.75) is 32.2 Å². The molecule has 7 heteroatoms. The molecule has 6 nitrogen and oxygen atoms in total. The molecule has 0 saturated heterocycles. The van der Waals surface area contributed by atoms with Gasteiger partial charge >= 0.3 is 0 Å². The molecule has 0 bridgehead atoms. The maximum atomic E-state index is 13.5. The van der Waals surface area contributed by atoms with Crippen molar-refractivity contribution in [1.82, 2.24) is 5.32 Å². The monoisotopic (exact) mass is 318 g/mol. The SMILES string of the molecule is CC(=O)Nc1cc(NCC(=O)NC(C)(C#N)C2CC2)ccc1F. The highest BCUT2D eigenvalue weighted by Gasteiger charge is 2.42. The van der Waals surface area contributed by atoms with E-state index in [1.165, 1.54) is 25.1 Å². The molecule has 0 aliphatic heterocycles. The van der Waals surface area contributed by atoms with Gasteiger partial charge in [0.2, 0.25) is 11.8 Å². The quantitative estimate of drug-likeness (QED) is 0.748. The molecule has 3 N–H and O–H groups in total. The standard InChI is InChI=1S/C16H19FN4O2/c1-10(22)20-14-7-12(5-6-13(14)17)19-8-15(23)21-16(2,9-18)11-3-4-11/h5-7,11,19H,3-4,8H2,1-2H3,(H,20,22)(H,21,23). The number of amides is 2. The van der Waals surface area contributed by atoms with Crippen molar-refractivity contribution in [2.75, 3.05) is 17.2 Å². The molecule has 0 heterocycles. The van der Waals surface area contributed by atoms with Crippen LogP contribution >= 0.6 is 0 Å². The van der Waals surface area contributed by atoms with Crippen LogP contribution in [0.4, 0.5) is 15.8 Å². The smallest absolute Gasteiger partial charge is 0.240 e. The van der Waals surface area contributed by atoms with Gasteiger partial charge in [-0.2, -0.15) is 5.26 Å². The Kier molecular flexibility index (Phi) is 4.84. The molecule has 1 aromatic rings. The molecular formula is C16H19FN4O2. The fourth-order valence-corrected chi connectivity index (χ4v) is 2.32.